The summed E-state index contributed by atoms with van der Waals surface area (Å²) in [4.78, 5) is 64.0. The number of nitro benzene ring substituents is 1. The lowest BCUT2D eigenvalue weighted by Crippen LogP contribution is -2.31. The van der Waals surface area contributed by atoms with E-state index in [4.69, 9.17) is 23.2 Å². The lowest BCUT2D eigenvalue weighted by Gasteiger charge is -2.15. The highest BCUT2D eigenvalue weighted by Crippen LogP contribution is 2.35. The summed E-state index contributed by atoms with van der Waals surface area (Å²) in [7, 11) is 0. The Hall–Kier alpha value is -4.97. The third-order valence-corrected chi connectivity index (χ3v) is 8.66. The van der Waals surface area contributed by atoms with Crippen LogP contribution in [0.25, 0.3) is 6.08 Å². The number of nitrogens with zero attached hydrogens (tertiary/aromatic N) is 2. The fourth-order valence-corrected chi connectivity index (χ4v) is 5.82. The molecule has 10 nitrogen and oxygen atoms in total. The Balaban J connectivity index is 1.29. The number of imide groups is 1. The van der Waals surface area contributed by atoms with Crippen LogP contribution in [0.4, 0.5) is 17.1 Å². The van der Waals surface area contributed by atoms with Crippen molar-refractivity contribution in [2.24, 2.45) is 0 Å². The van der Waals surface area contributed by atoms with Crippen LogP contribution in [-0.4, -0.2) is 33.8 Å². The molecule has 13 heteroatoms. The summed E-state index contributed by atoms with van der Waals surface area (Å²) in [6, 6.07) is 25.1. The van der Waals surface area contributed by atoms with Gasteiger partial charge in [0.2, 0.25) is 11.8 Å². The van der Waals surface area contributed by atoms with Crippen LogP contribution in [0.15, 0.2) is 108 Å². The first-order valence-electron chi connectivity index (χ1n) is 13.3. The third-order valence-electron chi connectivity index (χ3n) is 6.62. The minimum Gasteiger partial charge on any atom is -0.321 e. The smallest absolute Gasteiger partial charge is 0.272 e. The minimum atomic E-state index is -0.696. The second-order valence-corrected chi connectivity index (χ2v) is 11.7. The molecule has 1 atom stereocenters. The van der Waals surface area contributed by atoms with E-state index in [1.165, 1.54) is 42.1 Å². The highest BCUT2D eigenvalue weighted by atomic mass is 35.5. The van der Waals surface area contributed by atoms with Gasteiger partial charge in [-0.15, -0.1) is 11.8 Å². The highest BCUT2D eigenvalue weighted by molar-refractivity contribution is 8.00. The zero-order chi connectivity index (χ0) is 32.1. The number of rotatable bonds is 9. The van der Waals surface area contributed by atoms with E-state index in [1.807, 2.05) is 0 Å². The fourth-order valence-electron chi connectivity index (χ4n) is 4.40. The SMILES string of the molecule is O=C(Nc1ccc(SC2CC(=O)N(c3ccc([N+](=O)[O-])cc3)C2=O)cc1)/C(=C/c1cccc(Cl)c1Cl)NC(=O)c1ccccc1. The summed E-state index contributed by atoms with van der Waals surface area (Å²) in [5, 5.41) is 16.1. The van der Waals surface area contributed by atoms with Crippen LogP contribution in [0.2, 0.25) is 10.0 Å². The number of hydrogen-bond acceptors (Lipinski definition) is 7. The molecule has 4 aromatic carbocycles. The first-order valence-corrected chi connectivity index (χ1v) is 15.0. The van der Waals surface area contributed by atoms with Crippen LogP contribution < -0.4 is 15.5 Å². The van der Waals surface area contributed by atoms with Crippen molar-refractivity contribution in [3.05, 3.63) is 134 Å². The van der Waals surface area contributed by atoms with Crippen LogP contribution in [-0.2, 0) is 14.4 Å². The number of nitro groups is 1. The largest absolute Gasteiger partial charge is 0.321 e. The second-order valence-electron chi connectivity index (χ2n) is 9.65. The molecule has 0 spiro atoms. The molecule has 1 aliphatic rings. The highest BCUT2D eigenvalue weighted by Gasteiger charge is 2.40. The third kappa shape index (κ3) is 7.40. The first kappa shape index (κ1) is 31.5. The number of anilines is 2. The van der Waals surface area contributed by atoms with E-state index in [0.717, 1.165) is 4.90 Å². The molecule has 4 aromatic rings. The van der Waals surface area contributed by atoms with Gasteiger partial charge in [-0.05, 0) is 66.2 Å². The lowest BCUT2D eigenvalue weighted by molar-refractivity contribution is -0.384. The Morgan fingerprint density at radius 2 is 1.60 bits per heavy atom. The van der Waals surface area contributed by atoms with Crippen LogP contribution in [0.5, 0.6) is 0 Å². The molecule has 0 radical (unpaired) electrons. The van der Waals surface area contributed by atoms with Crippen molar-refractivity contribution in [1.29, 1.82) is 0 Å². The Labute approximate surface area is 271 Å². The molecule has 1 heterocycles. The van der Waals surface area contributed by atoms with Gasteiger partial charge in [-0.25, -0.2) is 4.90 Å². The van der Waals surface area contributed by atoms with Gasteiger partial charge >= 0.3 is 0 Å². The number of thioether (sulfide) groups is 1. The van der Waals surface area contributed by atoms with E-state index in [2.05, 4.69) is 10.6 Å². The zero-order valence-corrected chi connectivity index (χ0v) is 25.4. The standard InChI is InChI=1S/C32H22Cl2N4O6S/c33-25-8-4-7-20(29(25)34)17-26(36-30(40)19-5-2-1-3-6-19)31(41)35-21-9-15-24(16-10-21)45-27-18-28(39)37(32(27)42)22-11-13-23(14-12-22)38(43)44/h1-17,27H,18H2,(H,35,41)(H,36,40)/b26-17-. The number of hydrogen-bond donors (Lipinski definition) is 2. The van der Waals surface area contributed by atoms with Crippen LogP contribution in [0.1, 0.15) is 22.3 Å². The van der Waals surface area contributed by atoms with E-state index in [-0.39, 0.29) is 33.5 Å². The summed E-state index contributed by atoms with van der Waals surface area (Å²) in [5.41, 5.74) is 1.22. The molecule has 1 fully saturated rings. The maximum absolute atomic E-state index is 13.4. The molecule has 4 amide bonds. The van der Waals surface area contributed by atoms with Crippen molar-refractivity contribution in [3.8, 4) is 0 Å². The Morgan fingerprint density at radius 3 is 2.27 bits per heavy atom. The van der Waals surface area contributed by atoms with Gasteiger partial charge in [0.25, 0.3) is 17.5 Å². The molecule has 0 aliphatic carbocycles. The van der Waals surface area contributed by atoms with Crippen LogP contribution >= 0.6 is 35.0 Å². The van der Waals surface area contributed by atoms with Crippen LogP contribution in [0.3, 0.4) is 0 Å². The van der Waals surface area contributed by atoms with Gasteiger partial charge in [0.1, 0.15) is 5.70 Å². The van der Waals surface area contributed by atoms with Crippen LogP contribution in [0, 0.1) is 10.1 Å². The predicted molar refractivity (Wildman–Crippen MR) is 173 cm³/mol. The number of carbonyl (C=O) groups is 4. The molecular formula is C32H22Cl2N4O6S. The molecule has 1 aliphatic heterocycles. The maximum Gasteiger partial charge on any atom is 0.272 e. The molecular weight excluding hydrogens is 639 g/mol. The normalized spacial score (nSPS) is 14.8. The Morgan fingerprint density at radius 1 is 0.911 bits per heavy atom. The van der Waals surface area contributed by atoms with Gasteiger partial charge < -0.3 is 10.6 Å². The lowest BCUT2D eigenvalue weighted by atomic mass is 10.1. The summed E-state index contributed by atoms with van der Waals surface area (Å²) < 4.78 is 0. The minimum absolute atomic E-state index is 0.0414. The van der Waals surface area contributed by atoms with Crippen molar-refractivity contribution in [2.75, 3.05) is 10.2 Å². The maximum atomic E-state index is 13.4. The average molecular weight is 662 g/mol. The molecule has 0 bridgehead atoms. The number of non-ortho nitro benzene ring substituents is 1. The monoisotopic (exact) mass is 660 g/mol. The second kappa shape index (κ2) is 13.8. The van der Waals surface area contributed by atoms with E-state index in [0.29, 0.717) is 21.7 Å². The number of carbonyl (C=O) groups excluding carboxylic acids is 4. The fraction of sp³-hybridized carbons (Fsp3) is 0.0625. The number of amides is 4. The Kier molecular flexibility index (Phi) is 9.62. The molecule has 2 N–H and O–H groups in total. The van der Waals surface area contributed by atoms with E-state index < -0.39 is 33.8 Å². The molecule has 5 rings (SSSR count). The zero-order valence-electron chi connectivity index (χ0n) is 23.1. The van der Waals surface area contributed by atoms with E-state index in [1.54, 1.807) is 72.8 Å². The first-order chi connectivity index (χ1) is 21.6. The number of benzene rings is 4. The summed E-state index contributed by atoms with van der Waals surface area (Å²) in [6.07, 6.45) is 1.38. The van der Waals surface area contributed by atoms with Crippen molar-refractivity contribution in [3.63, 3.8) is 0 Å². The summed E-state index contributed by atoms with van der Waals surface area (Å²) in [5.74, 6) is -1.96. The van der Waals surface area contributed by atoms with Gasteiger partial charge in [-0.3, -0.25) is 29.3 Å². The van der Waals surface area contributed by atoms with Gasteiger partial charge in [0.15, 0.2) is 0 Å². The van der Waals surface area contributed by atoms with Gasteiger partial charge in [0, 0.05) is 34.7 Å². The van der Waals surface area contributed by atoms with Gasteiger partial charge in [0.05, 0.1) is 25.9 Å². The number of nitrogens with one attached hydrogen (secondary N) is 2. The van der Waals surface area contributed by atoms with Crippen molar-refractivity contribution >= 4 is 81.7 Å². The average Bonchev–Trinajstić information content (AvgIpc) is 3.31. The topological polar surface area (TPSA) is 139 Å². The van der Waals surface area contributed by atoms with Crippen molar-refractivity contribution in [2.45, 2.75) is 16.6 Å². The summed E-state index contributed by atoms with van der Waals surface area (Å²) in [6.45, 7) is 0. The molecule has 0 saturated carbocycles. The van der Waals surface area contributed by atoms with Gasteiger partial charge in [-0.2, -0.15) is 0 Å². The molecule has 0 aromatic heterocycles. The molecule has 1 saturated heterocycles. The summed E-state index contributed by atoms with van der Waals surface area (Å²) >= 11 is 13.7. The van der Waals surface area contributed by atoms with E-state index in [9.17, 15) is 29.3 Å². The molecule has 1 unspecified atom stereocenters. The van der Waals surface area contributed by atoms with E-state index >= 15 is 0 Å². The molecule has 45 heavy (non-hydrogen) atoms. The van der Waals surface area contributed by atoms with Gasteiger partial charge in [-0.1, -0.05) is 53.5 Å². The molecule has 226 valence electrons. The number of halogens is 2. The quantitative estimate of drug-likeness (QED) is 0.0877. The Bertz CT molecular complexity index is 1830. The van der Waals surface area contributed by atoms with Crippen molar-refractivity contribution in [1.82, 2.24) is 5.32 Å². The van der Waals surface area contributed by atoms with Crippen molar-refractivity contribution < 1.29 is 24.1 Å². The predicted octanol–water partition coefficient (Wildman–Crippen LogP) is 6.74.